The van der Waals surface area contributed by atoms with E-state index in [-0.39, 0.29) is 5.56 Å². The highest BCUT2D eigenvalue weighted by Gasteiger charge is 2.16. The van der Waals surface area contributed by atoms with E-state index in [2.05, 4.69) is 4.84 Å². The van der Waals surface area contributed by atoms with Crippen LogP contribution in [0.15, 0.2) is 48.5 Å². The molecular weight excluding hydrogens is 356 g/mol. The number of aryl methyl sites for hydroxylation is 1. The molecule has 128 valence electrons. The van der Waals surface area contributed by atoms with Gasteiger partial charge in [-0.2, -0.15) is 0 Å². The molecule has 0 fully saturated rings. The van der Waals surface area contributed by atoms with Crippen LogP contribution in [0.3, 0.4) is 0 Å². The Morgan fingerprint density at radius 1 is 1.00 bits per heavy atom. The fraction of sp³-hybridized carbons (Fsp3) is 0.0714. The molecule has 8 nitrogen and oxygen atoms in total. The summed E-state index contributed by atoms with van der Waals surface area (Å²) in [6, 6.07) is 12.7. The van der Waals surface area contributed by atoms with Gasteiger partial charge in [-0.25, -0.2) is 17.5 Å². The first-order valence-corrected chi connectivity index (χ1v) is 8.71. The van der Waals surface area contributed by atoms with Crippen molar-refractivity contribution in [2.24, 2.45) is 0 Å². The molecule has 2 atom stereocenters. The van der Waals surface area contributed by atoms with Crippen LogP contribution in [0, 0.1) is 6.92 Å². The summed E-state index contributed by atoms with van der Waals surface area (Å²) in [5.41, 5.74) is 2.00. The van der Waals surface area contributed by atoms with Crippen molar-refractivity contribution in [3.63, 3.8) is 0 Å². The molecule has 0 saturated heterocycles. The third-order valence-corrected chi connectivity index (χ3v) is 3.93. The van der Waals surface area contributed by atoms with E-state index >= 15 is 0 Å². The number of carbonyl (C=O) groups excluding carboxylic acids is 1. The Hall–Kier alpha value is -2.11. The van der Waals surface area contributed by atoms with Gasteiger partial charge in [0, 0.05) is 0 Å². The highest BCUT2D eigenvalue weighted by molar-refractivity contribution is 7.81. The molecule has 0 bridgehead atoms. The zero-order chi connectivity index (χ0) is 17.7. The van der Waals surface area contributed by atoms with Crippen molar-refractivity contribution in [2.45, 2.75) is 6.92 Å². The molecule has 2 aromatic rings. The summed E-state index contributed by atoms with van der Waals surface area (Å²) < 4.78 is 41.3. The minimum absolute atomic E-state index is 0.101. The Balaban J connectivity index is 2.23. The lowest BCUT2D eigenvalue weighted by molar-refractivity contribution is 0.0405. The number of carbonyl (C=O) groups is 1. The first-order valence-electron chi connectivity index (χ1n) is 6.54. The lowest BCUT2D eigenvalue weighted by atomic mass is 10.2. The van der Waals surface area contributed by atoms with Crippen LogP contribution < -0.4 is 9.19 Å². The molecule has 10 heteroatoms. The standard InChI is InChI=1S/C14H14N2O6S2/c1-10-2-6-12(7-3-10)16(24(20)21)13-8-4-11(5-9-13)14(17)22-15-23(18)19/h2-9,15H,1H3,(H,18,19)(H,20,21). The van der Waals surface area contributed by atoms with Crippen molar-refractivity contribution in [3.8, 4) is 0 Å². The highest BCUT2D eigenvalue weighted by atomic mass is 32.2. The van der Waals surface area contributed by atoms with Gasteiger partial charge in [-0.3, -0.25) is 9.11 Å². The van der Waals surface area contributed by atoms with Crippen molar-refractivity contribution >= 4 is 39.9 Å². The number of rotatable bonds is 6. The minimum Gasteiger partial charge on any atom is -0.351 e. The van der Waals surface area contributed by atoms with E-state index in [1.54, 1.807) is 17.0 Å². The number of hydrogen-bond donors (Lipinski definition) is 3. The van der Waals surface area contributed by atoms with Crippen LogP contribution in [-0.2, 0) is 27.4 Å². The Kier molecular flexibility index (Phi) is 6.17. The number of hydrogen-bond acceptors (Lipinski definition) is 4. The van der Waals surface area contributed by atoms with Gasteiger partial charge in [0.2, 0.25) is 0 Å². The molecule has 2 aromatic carbocycles. The van der Waals surface area contributed by atoms with Crippen LogP contribution in [-0.4, -0.2) is 23.5 Å². The molecule has 0 heterocycles. The van der Waals surface area contributed by atoms with E-state index in [0.29, 0.717) is 11.4 Å². The van der Waals surface area contributed by atoms with Crippen LogP contribution in [0.4, 0.5) is 11.4 Å². The summed E-state index contributed by atoms with van der Waals surface area (Å²) in [7, 11) is 0. The monoisotopic (exact) mass is 370 g/mol. The smallest absolute Gasteiger partial charge is 0.351 e. The van der Waals surface area contributed by atoms with Crippen LogP contribution in [0.25, 0.3) is 0 Å². The Morgan fingerprint density at radius 2 is 1.50 bits per heavy atom. The van der Waals surface area contributed by atoms with E-state index in [0.717, 1.165) is 5.56 Å². The van der Waals surface area contributed by atoms with Gasteiger partial charge in [-0.15, -0.1) is 0 Å². The molecule has 24 heavy (non-hydrogen) atoms. The molecule has 2 unspecified atom stereocenters. The predicted molar refractivity (Wildman–Crippen MR) is 89.9 cm³/mol. The normalized spacial score (nSPS) is 13.1. The fourth-order valence-corrected chi connectivity index (χ4v) is 2.63. The van der Waals surface area contributed by atoms with Crippen LogP contribution >= 0.6 is 0 Å². The summed E-state index contributed by atoms with van der Waals surface area (Å²) in [6.07, 6.45) is 0. The summed E-state index contributed by atoms with van der Waals surface area (Å²) in [6.45, 7) is 1.90. The van der Waals surface area contributed by atoms with Gasteiger partial charge < -0.3 is 4.84 Å². The van der Waals surface area contributed by atoms with E-state index < -0.39 is 28.5 Å². The first-order chi connectivity index (χ1) is 11.4. The topological polar surface area (TPSA) is 116 Å². The van der Waals surface area contributed by atoms with Crippen LogP contribution in [0.5, 0.6) is 0 Å². The number of nitrogens with zero attached hydrogens (tertiary/aromatic N) is 1. The maximum Gasteiger partial charge on any atom is 0.357 e. The maximum atomic E-state index is 11.7. The molecule has 0 saturated carbocycles. The zero-order valence-electron chi connectivity index (χ0n) is 12.4. The van der Waals surface area contributed by atoms with Gasteiger partial charge in [0.15, 0.2) is 0 Å². The zero-order valence-corrected chi connectivity index (χ0v) is 14.0. The molecule has 0 aliphatic heterocycles. The van der Waals surface area contributed by atoms with Crippen LogP contribution in [0.1, 0.15) is 15.9 Å². The van der Waals surface area contributed by atoms with E-state index in [1.807, 2.05) is 19.1 Å². The Bertz CT molecular complexity index is 764. The van der Waals surface area contributed by atoms with Crippen molar-refractivity contribution in [3.05, 3.63) is 59.7 Å². The number of benzene rings is 2. The van der Waals surface area contributed by atoms with Crippen molar-refractivity contribution < 1.29 is 27.2 Å². The summed E-state index contributed by atoms with van der Waals surface area (Å²) in [4.78, 5) is 17.6. The van der Waals surface area contributed by atoms with Gasteiger partial charge >= 0.3 is 5.97 Å². The quantitative estimate of drug-likeness (QED) is 0.529. The van der Waals surface area contributed by atoms with Gasteiger partial charge in [0.25, 0.3) is 22.5 Å². The lowest BCUT2D eigenvalue weighted by Gasteiger charge is -2.20. The molecule has 0 amide bonds. The van der Waals surface area contributed by atoms with Crippen molar-refractivity contribution in [2.75, 3.05) is 4.31 Å². The minimum atomic E-state index is -2.48. The van der Waals surface area contributed by atoms with E-state index in [1.165, 1.54) is 28.6 Å². The molecule has 2 rings (SSSR count). The summed E-state index contributed by atoms with van der Waals surface area (Å²) >= 11 is -4.79. The third kappa shape index (κ3) is 4.69. The maximum absolute atomic E-state index is 11.7. The second-order valence-electron chi connectivity index (χ2n) is 4.63. The Morgan fingerprint density at radius 3 is 1.96 bits per heavy atom. The third-order valence-electron chi connectivity index (χ3n) is 2.97. The average molecular weight is 370 g/mol. The molecule has 0 radical (unpaired) electrons. The van der Waals surface area contributed by atoms with Gasteiger partial charge in [-0.05, 0) is 48.2 Å². The molecular formula is C14H14N2O6S2. The van der Waals surface area contributed by atoms with Gasteiger partial charge in [0.1, 0.15) is 0 Å². The molecule has 0 aliphatic rings. The predicted octanol–water partition coefficient (Wildman–Crippen LogP) is 2.07. The van der Waals surface area contributed by atoms with E-state index in [4.69, 9.17) is 4.55 Å². The lowest BCUT2D eigenvalue weighted by Crippen LogP contribution is -2.22. The summed E-state index contributed by atoms with van der Waals surface area (Å²) in [5.74, 6) is -0.865. The van der Waals surface area contributed by atoms with E-state index in [9.17, 15) is 17.8 Å². The molecule has 0 aliphatic carbocycles. The number of nitrogens with one attached hydrogen (secondary N) is 1. The molecule has 0 spiro atoms. The molecule has 0 aromatic heterocycles. The highest BCUT2D eigenvalue weighted by Crippen LogP contribution is 2.27. The van der Waals surface area contributed by atoms with Crippen molar-refractivity contribution in [1.29, 1.82) is 0 Å². The number of anilines is 2. The van der Waals surface area contributed by atoms with Crippen LogP contribution in [0.2, 0.25) is 0 Å². The summed E-state index contributed by atoms with van der Waals surface area (Å²) in [5, 5.41) is 0. The molecule has 3 N–H and O–H groups in total. The SMILES string of the molecule is Cc1ccc(N(c2ccc(C(=O)ONS(=O)O)cc2)S(=O)O)cc1. The first kappa shape index (κ1) is 18.2. The fourth-order valence-electron chi connectivity index (χ4n) is 1.87. The second kappa shape index (κ2) is 8.13. The largest absolute Gasteiger partial charge is 0.357 e. The Labute approximate surface area is 143 Å². The van der Waals surface area contributed by atoms with Crippen molar-refractivity contribution in [1.82, 2.24) is 4.89 Å². The average Bonchev–Trinajstić information content (AvgIpc) is 2.55. The second-order valence-corrected chi connectivity index (χ2v) is 6.12. The van der Waals surface area contributed by atoms with Gasteiger partial charge in [0.05, 0.1) is 16.9 Å². The van der Waals surface area contributed by atoms with Gasteiger partial charge in [-0.1, -0.05) is 17.7 Å².